The average Bonchev–Trinajstić information content (AvgIpc) is 2.83. The van der Waals surface area contributed by atoms with E-state index in [-0.39, 0.29) is 0 Å². The first-order chi connectivity index (χ1) is 15.1. The number of carbonyl (C=O) groups is 1. The Balaban J connectivity index is 1.89. The Kier molecular flexibility index (Phi) is 6.20. The van der Waals surface area contributed by atoms with E-state index in [0.29, 0.717) is 6.61 Å². The number of hydrogen-bond acceptors (Lipinski definition) is 4. The van der Waals surface area contributed by atoms with Gasteiger partial charge in [0.1, 0.15) is 5.78 Å². The number of rotatable bonds is 6. The number of fused-ring (bicyclic) bond motifs is 1. The first-order valence-electron chi connectivity index (χ1n) is 10.3. The van der Waals surface area contributed by atoms with Crippen LogP contribution in [-0.2, 0) is 14.1 Å². The summed E-state index contributed by atoms with van der Waals surface area (Å²) in [5.41, 5.74) is 1.89. The number of anilines is 1. The van der Waals surface area contributed by atoms with Crippen molar-refractivity contribution in [2.24, 2.45) is 0 Å². The lowest BCUT2D eigenvalue weighted by Crippen LogP contribution is -2.38. The average molecular weight is 429 g/mol. The standard InChI is InChI=1S/C26H24NO3P/c1-2-30-26(28)19-20-27-24-16-10-9-11-21(24)17-18-25(27)31(29,22-12-5-3-6-13-22)23-14-7-4-8-15-23/h3-20,25H,2H2,1H3/b20-19+. The van der Waals surface area contributed by atoms with Gasteiger partial charge in [0.2, 0.25) is 0 Å². The quantitative estimate of drug-likeness (QED) is 0.317. The van der Waals surface area contributed by atoms with Gasteiger partial charge in [0.05, 0.1) is 6.61 Å². The van der Waals surface area contributed by atoms with E-state index in [4.69, 9.17) is 4.74 Å². The van der Waals surface area contributed by atoms with Gasteiger partial charge in [-0.25, -0.2) is 4.79 Å². The van der Waals surface area contributed by atoms with Gasteiger partial charge in [-0.3, -0.25) is 0 Å². The lowest BCUT2D eigenvalue weighted by atomic mass is 10.1. The van der Waals surface area contributed by atoms with E-state index in [1.807, 2.05) is 102 Å². The number of hydrogen-bond donors (Lipinski definition) is 0. The maximum Gasteiger partial charge on any atom is 0.332 e. The fraction of sp³-hybridized carbons (Fsp3) is 0.115. The number of carbonyl (C=O) groups excluding carboxylic acids is 1. The van der Waals surface area contributed by atoms with Crippen LogP contribution in [0.2, 0.25) is 0 Å². The predicted molar refractivity (Wildman–Crippen MR) is 127 cm³/mol. The van der Waals surface area contributed by atoms with Crippen molar-refractivity contribution in [3.8, 4) is 0 Å². The number of para-hydroxylation sites is 1. The van der Waals surface area contributed by atoms with Crippen molar-refractivity contribution in [3.05, 3.63) is 109 Å². The predicted octanol–water partition coefficient (Wildman–Crippen LogP) is 4.94. The Morgan fingerprint density at radius 1 is 0.935 bits per heavy atom. The van der Waals surface area contributed by atoms with Crippen LogP contribution in [-0.4, -0.2) is 18.4 Å². The summed E-state index contributed by atoms with van der Waals surface area (Å²) in [4.78, 5) is 14.0. The third kappa shape index (κ3) is 4.12. The summed E-state index contributed by atoms with van der Waals surface area (Å²) in [5.74, 6) is -0.916. The summed E-state index contributed by atoms with van der Waals surface area (Å²) >= 11 is 0. The van der Waals surface area contributed by atoms with Gasteiger partial charge in [-0.2, -0.15) is 0 Å². The second-order valence-electron chi connectivity index (χ2n) is 7.14. The zero-order valence-electron chi connectivity index (χ0n) is 17.3. The molecule has 0 spiro atoms. The van der Waals surface area contributed by atoms with Crippen LogP contribution in [0.3, 0.4) is 0 Å². The van der Waals surface area contributed by atoms with Crippen LogP contribution in [0, 0.1) is 0 Å². The highest BCUT2D eigenvalue weighted by atomic mass is 31.2. The molecular formula is C26H24NO3P. The van der Waals surface area contributed by atoms with Crippen LogP contribution >= 0.6 is 7.14 Å². The van der Waals surface area contributed by atoms with E-state index in [1.165, 1.54) is 6.08 Å². The molecule has 0 saturated carbocycles. The van der Waals surface area contributed by atoms with Gasteiger partial charge in [-0.1, -0.05) is 91.0 Å². The van der Waals surface area contributed by atoms with Crippen molar-refractivity contribution >= 4 is 35.5 Å². The normalized spacial score (nSPS) is 15.6. The van der Waals surface area contributed by atoms with Gasteiger partial charge in [-0.15, -0.1) is 0 Å². The van der Waals surface area contributed by atoms with E-state index in [9.17, 15) is 9.36 Å². The van der Waals surface area contributed by atoms with E-state index < -0.39 is 18.9 Å². The lowest BCUT2D eigenvalue weighted by molar-refractivity contribution is -0.137. The topological polar surface area (TPSA) is 46.6 Å². The van der Waals surface area contributed by atoms with Gasteiger partial charge in [0.25, 0.3) is 0 Å². The first-order valence-corrected chi connectivity index (χ1v) is 12.0. The fourth-order valence-corrected chi connectivity index (χ4v) is 6.86. The van der Waals surface area contributed by atoms with Crippen molar-refractivity contribution in [2.45, 2.75) is 12.7 Å². The highest BCUT2D eigenvalue weighted by Gasteiger charge is 2.40. The van der Waals surface area contributed by atoms with Gasteiger partial charge >= 0.3 is 5.97 Å². The molecule has 1 aliphatic rings. The Hall–Kier alpha value is -3.36. The maximum atomic E-state index is 14.9. The Morgan fingerprint density at radius 3 is 2.13 bits per heavy atom. The summed E-state index contributed by atoms with van der Waals surface area (Å²) in [6, 6.07) is 27.0. The molecule has 0 aliphatic carbocycles. The molecule has 3 aromatic rings. The fourth-order valence-electron chi connectivity index (χ4n) is 3.84. The van der Waals surface area contributed by atoms with E-state index >= 15 is 0 Å². The van der Waals surface area contributed by atoms with Crippen LogP contribution in [0.4, 0.5) is 5.69 Å². The van der Waals surface area contributed by atoms with E-state index in [1.54, 1.807) is 13.1 Å². The molecule has 0 radical (unpaired) electrons. The van der Waals surface area contributed by atoms with Gasteiger partial charge in [0, 0.05) is 28.6 Å². The molecule has 1 unspecified atom stereocenters. The molecule has 5 heteroatoms. The van der Waals surface area contributed by atoms with E-state index in [2.05, 4.69) is 0 Å². The molecule has 1 atom stereocenters. The third-order valence-electron chi connectivity index (χ3n) is 5.26. The largest absolute Gasteiger partial charge is 0.463 e. The van der Waals surface area contributed by atoms with Crippen LogP contribution in [0.1, 0.15) is 12.5 Å². The summed E-state index contributed by atoms with van der Waals surface area (Å²) in [6.45, 7) is 2.07. The highest BCUT2D eigenvalue weighted by Crippen LogP contribution is 2.53. The molecule has 1 aliphatic heterocycles. The Morgan fingerprint density at radius 2 is 1.52 bits per heavy atom. The maximum absolute atomic E-state index is 14.9. The number of ether oxygens (including phenoxy) is 1. The molecule has 31 heavy (non-hydrogen) atoms. The van der Waals surface area contributed by atoms with Crippen molar-refractivity contribution in [1.29, 1.82) is 0 Å². The van der Waals surface area contributed by atoms with Crippen LogP contribution < -0.4 is 15.5 Å². The minimum Gasteiger partial charge on any atom is -0.463 e. The Bertz CT molecular complexity index is 1110. The lowest BCUT2D eigenvalue weighted by Gasteiger charge is -2.38. The van der Waals surface area contributed by atoms with Crippen molar-refractivity contribution in [1.82, 2.24) is 0 Å². The van der Waals surface area contributed by atoms with E-state index in [0.717, 1.165) is 21.9 Å². The van der Waals surface area contributed by atoms with Gasteiger partial charge < -0.3 is 14.2 Å². The molecule has 1 heterocycles. The smallest absolute Gasteiger partial charge is 0.332 e. The molecular weight excluding hydrogens is 405 g/mol. The molecule has 0 aromatic heterocycles. The van der Waals surface area contributed by atoms with Gasteiger partial charge in [0.15, 0.2) is 7.14 Å². The highest BCUT2D eigenvalue weighted by molar-refractivity contribution is 7.79. The number of esters is 1. The third-order valence-corrected chi connectivity index (χ3v) is 8.55. The second kappa shape index (κ2) is 9.20. The molecule has 0 saturated heterocycles. The summed E-state index contributed by atoms with van der Waals surface area (Å²) in [5, 5.41) is 1.54. The molecule has 0 bridgehead atoms. The summed E-state index contributed by atoms with van der Waals surface area (Å²) < 4.78 is 20.0. The monoisotopic (exact) mass is 429 g/mol. The van der Waals surface area contributed by atoms with Crippen molar-refractivity contribution in [3.63, 3.8) is 0 Å². The zero-order valence-corrected chi connectivity index (χ0v) is 18.2. The van der Waals surface area contributed by atoms with Gasteiger partial charge in [-0.05, 0) is 18.6 Å². The molecule has 0 amide bonds. The van der Waals surface area contributed by atoms with Crippen LogP contribution in [0.5, 0.6) is 0 Å². The SMILES string of the molecule is CCOC(=O)/C=C/N1c2ccccc2C=CC1P(=O)(c1ccccc1)c1ccccc1. The molecule has 4 nitrogen and oxygen atoms in total. The summed E-state index contributed by atoms with van der Waals surface area (Å²) in [7, 11) is -3.15. The number of nitrogens with zero attached hydrogens (tertiary/aromatic N) is 1. The minimum absolute atomic E-state index is 0.301. The zero-order chi connectivity index (χ0) is 21.7. The molecule has 3 aromatic carbocycles. The molecule has 0 N–H and O–H groups in total. The van der Waals surface area contributed by atoms with Crippen LogP contribution in [0.15, 0.2) is 103 Å². The molecule has 156 valence electrons. The first kappa shape index (κ1) is 20.9. The molecule has 4 rings (SSSR count). The van der Waals surface area contributed by atoms with Crippen molar-refractivity contribution in [2.75, 3.05) is 11.5 Å². The Labute approximate surface area is 182 Å². The van der Waals surface area contributed by atoms with Crippen molar-refractivity contribution < 1.29 is 14.1 Å². The second-order valence-corrected chi connectivity index (χ2v) is 10.0. The molecule has 0 fully saturated rings. The minimum atomic E-state index is -3.15. The number of benzene rings is 3. The van der Waals surface area contributed by atoms with Crippen LogP contribution in [0.25, 0.3) is 6.08 Å². The summed E-state index contributed by atoms with van der Waals surface area (Å²) in [6.07, 6.45) is 7.06.